The highest BCUT2D eigenvalue weighted by Gasteiger charge is 2.38. The molecule has 160 valence electrons. The zero-order valence-corrected chi connectivity index (χ0v) is 18.3. The third-order valence-electron chi connectivity index (χ3n) is 6.07. The van der Waals surface area contributed by atoms with Gasteiger partial charge in [0.2, 0.25) is 21.8 Å². The molecule has 29 heavy (non-hydrogen) atoms. The van der Waals surface area contributed by atoms with Crippen molar-refractivity contribution in [2.45, 2.75) is 63.8 Å². The van der Waals surface area contributed by atoms with Crippen LogP contribution < -0.4 is 5.32 Å². The standard InChI is InChI=1S/C21H31N3O4S/c1-4-23(5-2)29(27,28)19-13-17(11-10-15(19)3)22-21(26)16-12-20(25)24(14-16)18-8-6-7-9-18/h10-11,13,16,18H,4-9,12,14H2,1-3H3,(H,22,26). The maximum atomic E-state index is 12.9. The van der Waals surface area contributed by atoms with E-state index in [-0.39, 0.29) is 29.2 Å². The lowest BCUT2D eigenvalue weighted by molar-refractivity contribution is -0.129. The number of nitrogens with zero attached hydrogens (tertiary/aromatic N) is 2. The SMILES string of the molecule is CCN(CC)S(=O)(=O)c1cc(NC(=O)C2CC(=O)N(C3CCCC3)C2)ccc1C. The first-order valence-corrected chi connectivity index (χ1v) is 11.9. The van der Waals surface area contributed by atoms with Crippen molar-refractivity contribution >= 4 is 27.5 Å². The molecule has 1 aromatic rings. The number of rotatable bonds is 7. The zero-order valence-electron chi connectivity index (χ0n) is 17.5. The van der Waals surface area contributed by atoms with Gasteiger partial charge in [-0.2, -0.15) is 4.31 Å². The summed E-state index contributed by atoms with van der Waals surface area (Å²) in [5, 5.41) is 2.83. The minimum Gasteiger partial charge on any atom is -0.339 e. The van der Waals surface area contributed by atoms with E-state index in [1.165, 1.54) is 10.4 Å². The van der Waals surface area contributed by atoms with Crippen molar-refractivity contribution in [1.29, 1.82) is 0 Å². The summed E-state index contributed by atoms with van der Waals surface area (Å²) >= 11 is 0. The van der Waals surface area contributed by atoms with Crippen molar-refractivity contribution in [3.05, 3.63) is 23.8 Å². The molecule has 1 atom stereocenters. The lowest BCUT2D eigenvalue weighted by Gasteiger charge is -2.24. The summed E-state index contributed by atoms with van der Waals surface area (Å²) in [5.41, 5.74) is 1.08. The number of nitrogens with one attached hydrogen (secondary N) is 1. The number of sulfonamides is 1. The van der Waals surface area contributed by atoms with Crippen molar-refractivity contribution in [2.75, 3.05) is 25.0 Å². The predicted molar refractivity (Wildman–Crippen MR) is 112 cm³/mol. The number of aryl methyl sites for hydroxylation is 1. The molecule has 1 aliphatic carbocycles. The molecule has 2 fully saturated rings. The van der Waals surface area contributed by atoms with E-state index in [1.807, 2.05) is 4.90 Å². The molecule has 1 unspecified atom stereocenters. The fraction of sp³-hybridized carbons (Fsp3) is 0.619. The number of likely N-dealkylation sites (tertiary alicyclic amines) is 1. The largest absolute Gasteiger partial charge is 0.339 e. The Morgan fingerprint density at radius 3 is 2.48 bits per heavy atom. The molecule has 0 aromatic heterocycles. The number of benzene rings is 1. The van der Waals surface area contributed by atoms with Crippen LogP contribution in [0.3, 0.4) is 0 Å². The molecule has 3 rings (SSSR count). The van der Waals surface area contributed by atoms with Crippen molar-refractivity contribution < 1.29 is 18.0 Å². The van der Waals surface area contributed by atoms with E-state index in [0.717, 1.165) is 25.7 Å². The van der Waals surface area contributed by atoms with E-state index in [4.69, 9.17) is 0 Å². The Morgan fingerprint density at radius 2 is 1.86 bits per heavy atom. The molecule has 1 aliphatic heterocycles. The normalized spacial score (nSPS) is 20.6. The number of amides is 2. The Hall–Kier alpha value is -1.93. The van der Waals surface area contributed by atoms with E-state index >= 15 is 0 Å². The fourth-order valence-corrected chi connectivity index (χ4v) is 6.09. The van der Waals surface area contributed by atoms with Gasteiger partial charge in [0.15, 0.2) is 0 Å². The van der Waals surface area contributed by atoms with E-state index in [2.05, 4.69) is 5.32 Å². The first-order chi connectivity index (χ1) is 13.8. The van der Waals surface area contributed by atoms with Gasteiger partial charge in [0, 0.05) is 37.8 Å². The minimum absolute atomic E-state index is 0.0470. The molecule has 1 heterocycles. The Morgan fingerprint density at radius 1 is 1.21 bits per heavy atom. The van der Waals surface area contributed by atoms with Gasteiger partial charge in [-0.3, -0.25) is 9.59 Å². The molecule has 2 amide bonds. The number of carbonyl (C=O) groups excluding carboxylic acids is 2. The molecule has 1 N–H and O–H groups in total. The van der Waals surface area contributed by atoms with Crippen molar-refractivity contribution in [3.63, 3.8) is 0 Å². The van der Waals surface area contributed by atoms with E-state index in [1.54, 1.807) is 32.9 Å². The summed E-state index contributed by atoms with van der Waals surface area (Å²) in [6, 6.07) is 5.20. The van der Waals surface area contributed by atoms with Crippen molar-refractivity contribution in [3.8, 4) is 0 Å². The number of hydrogen-bond donors (Lipinski definition) is 1. The van der Waals surface area contributed by atoms with Crippen molar-refractivity contribution in [2.24, 2.45) is 5.92 Å². The Balaban J connectivity index is 1.74. The average molecular weight is 422 g/mol. The monoisotopic (exact) mass is 421 g/mol. The average Bonchev–Trinajstić information content (AvgIpc) is 3.33. The van der Waals surface area contributed by atoms with Crippen LogP contribution in [0.25, 0.3) is 0 Å². The van der Waals surface area contributed by atoms with Crippen LogP contribution in [0, 0.1) is 12.8 Å². The maximum absolute atomic E-state index is 12.9. The lowest BCUT2D eigenvalue weighted by Crippen LogP contribution is -2.35. The highest BCUT2D eigenvalue weighted by atomic mass is 32.2. The second kappa shape index (κ2) is 8.83. The summed E-state index contributed by atoms with van der Waals surface area (Å²) in [6.07, 6.45) is 4.53. The smallest absolute Gasteiger partial charge is 0.243 e. The molecule has 1 saturated heterocycles. The first-order valence-electron chi connectivity index (χ1n) is 10.5. The number of anilines is 1. The second-order valence-corrected chi connectivity index (χ2v) is 9.85. The van der Waals surface area contributed by atoms with Crippen LogP contribution in [-0.4, -0.2) is 55.1 Å². The van der Waals surface area contributed by atoms with E-state index in [9.17, 15) is 18.0 Å². The van der Waals surface area contributed by atoms with Gasteiger partial charge in [0.25, 0.3) is 0 Å². The van der Waals surface area contributed by atoms with Gasteiger partial charge in [-0.25, -0.2) is 8.42 Å². The molecule has 0 bridgehead atoms. The van der Waals surface area contributed by atoms with Crippen LogP contribution in [0.15, 0.2) is 23.1 Å². The van der Waals surface area contributed by atoms with Gasteiger partial charge in [-0.1, -0.05) is 32.8 Å². The van der Waals surface area contributed by atoms with Gasteiger partial charge in [0.05, 0.1) is 10.8 Å². The molecular weight excluding hydrogens is 390 g/mol. The Bertz CT molecular complexity index is 874. The molecule has 0 spiro atoms. The Labute approximate surface area is 173 Å². The van der Waals surface area contributed by atoms with Gasteiger partial charge in [-0.15, -0.1) is 0 Å². The molecule has 7 nitrogen and oxygen atoms in total. The van der Waals surface area contributed by atoms with E-state index < -0.39 is 15.9 Å². The van der Waals surface area contributed by atoms with Gasteiger partial charge in [-0.05, 0) is 37.5 Å². The van der Waals surface area contributed by atoms with Crippen LogP contribution in [0.2, 0.25) is 0 Å². The highest BCUT2D eigenvalue weighted by molar-refractivity contribution is 7.89. The van der Waals surface area contributed by atoms with Crippen LogP contribution in [-0.2, 0) is 19.6 Å². The summed E-state index contributed by atoms with van der Waals surface area (Å²) < 4.78 is 27.2. The first kappa shape index (κ1) is 21.8. The molecule has 1 saturated carbocycles. The summed E-state index contributed by atoms with van der Waals surface area (Å²) in [5.74, 6) is -0.577. The predicted octanol–water partition coefficient (Wildman–Crippen LogP) is 2.76. The lowest BCUT2D eigenvalue weighted by atomic mass is 10.1. The molecule has 1 aromatic carbocycles. The van der Waals surface area contributed by atoms with Crippen LogP contribution in [0.1, 0.15) is 51.5 Å². The molecule has 8 heteroatoms. The third-order valence-corrected chi connectivity index (χ3v) is 8.27. The van der Waals surface area contributed by atoms with E-state index in [0.29, 0.717) is 30.9 Å². The van der Waals surface area contributed by atoms with Gasteiger partial charge >= 0.3 is 0 Å². The third kappa shape index (κ3) is 4.48. The van der Waals surface area contributed by atoms with Crippen LogP contribution in [0.4, 0.5) is 5.69 Å². The molecule has 2 aliphatic rings. The summed E-state index contributed by atoms with van der Waals surface area (Å²) in [7, 11) is -3.62. The van der Waals surface area contributed by atoms with Gasteiger partial charge in [0.1, 0.15) is 0 Å². The topological polar surface area (TPSA) is 86.8 Å². The van der Waals surface area contributed by atoms with Crippen LogP contribution in [0.5, 0.6) is 0 Å². The van der Waals surface area contributed by atoms with Crippen molar-refractivity contribution in [1.82, 2.24) is 9.21 Å². The highest BCUT2D eigenvalue weighted by Crippen LogP contribution is 2.30. The van der Waals surface area contributed by atoms with Gasteiger partial charge < -0.3 is 10.2 Å². The number of carbonyl (C=O) groups is 2. The molecule has 0 radical (unpaired) electrons. The van der Waals surface area contributed by atoms with Crippen LogP contribution >= 0.6 is 0 Å². The summed E-state index contributed by atoms with van der Waals surface area (Å²) in [6.45, 7) is 6.57. The quantitative estimate of drug-likeness (QED) is 0.733. The second-order valence-electron chi connectivity index (χ2n) is 7.94. The maximum Gasteiger partial charge on any atom is 0.243 e. The fourth-order valence-electron chi connectivity index (χ4n) is 4.38. The zero-order chi connectivity index (χ0) is 21.2. The Kier molecular flexibility index (Phi) is 6.63. The summed E-state index contributed by atoms with van der Waals surface area (Å²) in [4.78, 5) is 27.2. The molecular formula is C21H31N3O4S. The minimum atomic E-state index is -3.62. The number of hydrogen-bond acceptors (Lipinski definition) is 4.